The molecule has 5 heterocycles. The van der Waals surface area contributed by atoms with Gasteiger partial charge in [0, 0.05) is 62.8 Å². The zero-order valence-corrected chi connectivity index (χ0v) is 32.5. The van der Waals surface area contributed by atoms with E-state index >= 15 is 0 Å². The molecule has 4 aromatic carbocycles. The summed E-state index contributed by atoms with van der Waals surface area (Å²) < 4.78 is 5.01. The normalized spacial score (nSPS) is 11.7. The summed E-state index contributed by atoms with van der Waals surface area (Å²) in [6.45, 7) is 2.49. The summed E-state index contributed by atoms with van der Waals surface area (Å²) in [4.78, 5) is 43.2. The van der Waals surface area contributed by atoms with Gasteiger partial charge in [0.25, 0.3) is 5.91 Å². The molecule has 2 aliphatic rings. The highest BCUT2D eigenvalue weighted by molar-refractivity contribution is 6.00. The van der Waals surface area contributed by atoms with Crippen molar-refractivity contribution in [3.8, 4) is 44.5 Å². The van der Waals surface area contributed by atoms with Crippen molar-refractivity contribution in [2.75, 3.05) is 13.2 Å². The summed E-state index contributed by atoms with van der Waals surface area (Å²) >= 11 is 0. The van der Waals surface area contributed by atoms with Gasteiger partial charge in [-0.25, -0.2) is 9.97 Å². The molecule has 8 heteroatoms. The van der Waals surface area contributed by atoms with Crippen LogP contribution in [0, 0.1) is 0 Å². The van der Waals surface area contributed by atoms with Gasteiger partial charge < -0.3 is 20.0 Å². The molecule has 9 rings (SSSR count). The first kappa shape index (κ1) is 37.0. The molecule has 1 amide bonds. The van der Waals surface area contributed by atoms with E-state index in [-0.39, 0.29) is 18.3 Å². The number of nitrogens with one attached hydrogen (secondary N) is 3. The number of hydrogen-bond donors (Lipinski definition) is 3. The van der Waals surface area contributed by atoms with Crippen LogP contribution in [0.15, 0.2) is 140 Å². The Bertz CT molecular complexity index is 2870. The maximum absolute atomic E-state index is 13.1. The minimum absolute atomic E-state index is 0.206. The van der Waals surface area contributed by atoms with Gasteiger partial charge in [0.1, 0.15) is 0 Å². The molecule has 59 heavy (non-hydrogen) atoms. The molecule has 8 nitrogen and oxygen atoms in total. The Kier molecular flexibility index (Phi) is 10.3. The van der Waals surface area contributed by atoms with E-state index in [0.29, 0.717) is 25.1 Å². The van der Waals surface area contributed by atoms with Gasteiger partial charge in [0.15, 0.2) is 0 Å². The summed E-state index contributed by atoms with van der Waals surface area (Å²) in [7, 11) is 0. The molecule has 0 aliphatic carbocycles. The minimum Gasteiger partial charge on any atom is -0.466 e. The van der Waals surface area contributed by atoms with Gasteiger partial charge in [-0.05, 0) is 96.3 Å². The van der Waals surface area contributed by atoms with Gasteiger partial charge in [0.05, 0.1) is 29.4 Å². The van der Waals surface area contributed by atoms with Crippen molar-refractivity contribution in [3.63, 3.8) is 0 Å². The van der Waals surface area contributed by atoms with Gasteiger partial charge in [-0.1, -0.05) is 103 Å². The standard InChI is InChI=1S/C51H41N5O3/c1-2-59-46(57)19-12-32-52-51(58)37-22-20-36(21-23-37)50-44-30-28-42(55-44)48(34-15-8-4-9-16-34)40-26-24-38(53-40)47(33-13-6-3-7-14-33)39-25-27-41(54-39)49(35-17-10-5-11-18-35)43-29-31-45(50)56-43/h3-11,13-18,20-31,53,56H,2,12,19,32H2,1H3,(H,52,58). The Morgan fingerprint density at radius 3 is 1.25 bits per heavy atom. The number of fused-ring (bicyclic) bond motifs is 8. The number of rotatable bonds is 10. The second-order valence-electron chi connectivity index (χ2n) is 14.3. The average molecular weight is 772 g/mol. The van der Waals surface area contributed by atoms with Crippen molar-refractivity contribution in [1.29, 1.82) is 0 Å². The molecule has 0 radical (unpaired) electrons. The van der Waals surface area contributed by atoms with Gasteiger partial charge >= 0.3 is 5.97 Å². The van der Waals surface area contributed by atoms with E-state index in [1.165, 1.54) is 0 Å². The second kappa shape index (κ2) is 16.5. The first-order valence-electron chi connectivity index (χ1n) is 19.9. The SMILES string of the molecule is CCOC(=O)CCCNC(=O)c1ccc(-c2c3nc(c(-c4ccccc4)c4ccc([nH]4)c(-c4ccccc4)c4nc(c(-c5ccccc5)c5ccc2[nH]5)C=C4)C=C3)cc1. The number of aromatic amines is 2. The topological polar surface area (TPSA) is 113 Å². The van der Waals surface area contributed by atoms with E-state index in [9.17, 15) is 9.59 Å². The molecule has 7 aromatic rings. The predicted octanol–water partition coefficient (Wildman–Crippen LogP) is 11.4. The number of ether oxygens (including phenoxy) is 1. The molecule has 3 aromatic heterocycles. The zero-order chi connectivity index (χ0) is 40.1. The lowest BCUT2D eigenvalue weighted by Gasteiger charge is -2.08. The first-order chi connectivity index (χ1) is 29.0. The Morgan fingerprint density at radius 1 is 0.508 bits per heavy atom. The molecule has 0 fully saturated rings. The highest BCUT2D eigenvalue weighted by Gasteiger charge is 2.19. The summed E-state index contributed by atoms with van der Waals surface area (Å²) in [6, 6.07) is 47.1. The van der Waals surface area contributed by atoms with Crippen LogP contribution in [-0.4, -0.2) is 45.0 Å². The minimum atomic E-state index is -0.264. The molecule has 8 bridgehead atoms. The van der Waals surface area contributed by atoms with E-state index in [1.807, 2.05) is 66.7 Å². The van der Waals surface area contributed by atoms with Crippen LogP contribution in [0.5, 0.6) is 0 Å². The Labute approximate surface area is 342 Å². The van der Waals surface area contributed by atoms with Crippen LogP contribution in [0.3, 0.4) is 0 Å². The summed E-state index contributed by atoms with van der Waals surface area (Å²) in [6.07, 6.45) is 9.10. The summed E-state index contributed by atoms with van der Waals surface area (Å²) in [5, 5.41) is 2.93. The monoisotopic (exact) mass is 771 g/mol. The smallest absolute Gasteiger partial charge is 0.305 e. The molecular formula is C51H41N5O3. The molecule has 3 N–H and O–H groups in total. The lowest BCUT2D eigenvalue weighted by Crippen LogP contribution is -2.25. The maximum Gasteiger partial charge on any atom is 0.305 e. The average Bonchev–Trinajstić information content (AvgIpc) is 4.12. The van der Waals surface area contributed by atoms with Crippen molar-refractivity contribution in [1.82, 2.24) is 25.3 Å². The van der Waals surface area contributed by atoms with Crippen molar-refractivity contribution >= 4 is 58.2 Å². The van der Waals surface area contributed by atoms with Gasteiger partial charge in [-0.3, -0.25) is 9.59 Å². The number of esters is 1. The quantitative estimate of drug-likeness (QED) is 0.0946. The van der Waals surface area contributed by atoms with E-state index in [4.69, 9.17) is 14.7 Å². The fraction of sp³-hybridized carbons (Fsp3) is 0.0980. The van der Waals surface area contributed by atoms with Crippen LogP contribution in [0.25, 0.3) is 90.9 Å². The number of aromatic nitrogens is 4. The van der Waals surface area contributed by atoms with Crippen LogP contribution < -0.4 is 5.32 Å². The van der Waals surface area contributed by atoms with E-state index < -0.39 is 0 Å². The van der Waals surface area contributed by atoms with Crippen LogP contribution >= 0.6 is 0 Å². The third-order valence-corrected chi connectivity index (χ3v) is 10.5. The largest absolute Gasteiger partial charge is 0.466 e. The number of benzene rings is 4. The maximum atomic E-state index is 13.1. The molecule has 288 valence electrons. The fourth-order valence-corrected chi connectivity index (χ4v) is 7.79. The van der Waals surface area contributed by atoms with Crippen molar-refractivity contribution < 1.29 is 14.3 Å². The number of hydrogen-bond acceptors (Lipinski definition) is 5. The van der Waals surface area contributed by atoms with E-state index in [2.05, 4.69) is 112 Å². The summed E-state index contributed by atoms with van der Waals surface area (Å²) in [5.41, 5.74) is 15.3. The number of nitrogens with zero attached hydrogens (tertiary/aromatic N) is 2. The van der Waals surface area contributed by atoms with Crippen LogP contribution in [0.1, 0.15) is 52.9 Å². The molecule has 0 saturated carbocycles. The van der Waals surface area contributed by atoms with Crippen LogP contribution in [-0.2, 0) is 9.53 Å². The number of carbonyl (C=O) groups is 2. The zero-order valence-electron chi connectivity index (χ0n) is 32.5. The lowest BCUT2D eigenvalue weighted by molar-refractivity contribution is -0.143. The highest BCUT2D eigenvalue weighted by atomic mass is 16.5. The Morgan fingerprint density at radius 2 is 0.881 bits per heavy atom. The molecule has 0 saturated heterocycles. The van der Waals surface area contributed by atoms with Crippen molar-refractivity contribution in [2.45, 2.75) is 19.8 Å². The summed E-state index contributed by atoms with van der Waals surface area (Å²) in [5.74, 6) is -0.469. The third kappa shape index (κ3) is 7.64. The Hall–Kier alpha value is -7.58. The van der Waals surface area contributed by atoms with E-state index in [0.717, 1.165) is 89.4 Å². The molecule has 0 atom stereocenters. The van der Waals surface area contributed by atoms with Gasteiger partial charge in [-0.2, -0.15) is 0 Å². The molecule has 0 unspecified atom stereocenters. The van der Waals surface area contributed by atoms with Crippen molar-refractivity contribution in [3.05, 3.63) is 168 Å². The van der Waals surface area contributed by atoms with Crippen LogP contribution in [0.4, 0.5) is 0 Å². The molecule has 2 aliphatic heterocycles. The fourth-order valence-electron chi connectivity index (χ4n) is 7.79. The predicted molar refractivity (Wildman–Crippen MR) is 239 cm³/mol. The van der Waals surface area contributed by atoms with E-state index in [1.54, 1.807) is 6.92 Å². The number of H-pyrrole nitrogens is 2. The van der Waals surface area contributed by atoms with Gasteiger partial charge in [0.2, 0.25) is 0 Å². The number of carbonyl (C=O) groups excluding carboxylic acids is 2. The molecular weight excluding hydrogens is 731 g/mol. The first-order valence-corrected chi connectivity index (χ1v) is 19.9. The number of amides is 1. The highest BCUT2D eigenvalue weighted by Crippen LogP contribution is 2.38. The van der Waals surface area contributed by atoms with Crippen molar-refractivity contribution in [2.24, 2.45) is 0 Å². The Balaban J connectivity index is 1.28. The third-order valence-electron chi connectivity index (χ3n) is 10.5. The second-order valence-corrected chi connectivity index (χ2v) is 14.3. The molecule has 0 spiro atoms. The van der Waals surface area contributed by atoms with Gasteiger partial charge in [-0.15, -0.1) is 0 Å². The lowest BCUT2D eigenvalue weighted by atomic mass is 10.0. The van der Waals surface area contributed by atoms with Crippen LogP contribution in [0.2, 0.25) is 0 Å².